The predicted octanol–water partition coefficient (Wildman–Crippen LogP) is 2.01. The van der Waals surface area contributed by atoms with Gasteiger partial charge in [0.25, 0.3) is 6.43 Å². The maximum atomic E-state index is 12.0. The van der Waals surface area contributed by atoms with Gasteiger partial charge in [-0.2, -0.15) is 0 Å². The predicted molar refractivity (Wildman–Crippen MR) is 41.6 cm³/mol. The molecule has 0 aliphatic rings. The number of hydrogen-bond donors (Lipinski definition) is 0. The Morgan fingerprint density at radius 3 is 2.38 bits per heavy atom. The van der Waals surface area contributed by atoms with Crippen LogP contribution in [0.25, 0.3) is 0 Å². The van der Waals surface area contributed by atoms with E-state index in [1.165, 1.54) is 0 Å². The largest absolute Gasteiger partial charge is 0.291 e. The third kappa shape index (κ3) is 2.27. The minimum atomic E-state index is -2.59. The number of halogens is 2. The molecular formula is C8H8F2N2O. The van der Waals surface area contributed by atoms with Crippen LogP contribution in [0.15, 0.2) is 12.4 Å². The summed E-state index contributed by atoms with van der Waals surface area (Å²) >= 11 is 0. The Morgan fingerprint density at radius 1 is 1.46 bits per heavy atom. The number of carbonyl (C=O) groups excluding carboxylic acids is 1. The van der Waals surface area contributed by atoms with E-state index in [0.29, 0.717) is 0 Å². The van der Waals surface area contributed by atoms with Crippen molar-refractivity contribution < 1.29 is 13.6 Å². The van der Waals surface area contributed by atoms with Crippen LogP contribution in [0.3, 0.4) is 0 Å². The summed E-state index contributed by atoms with van der Waals surface area (Å²) in [5, 5.41) is 0. The van der Waals surface area contributed by atoms with Crippen LogP contribution >= 0.6 is 0 Å². The zero-order valence-corrected chi connectivity index (χ0v) is 7.00. The van der Waals surface area contributed by atoms with Gasteiger partial charge in [-0.1, -0.05) is 6.92 Å². The van der Waals surface area contributed by atoms with E-state index in [9.17, 15) is 13.6 Å². The van der Waals surface area contributed by atoms with Crippen LogP contribution in [0.5, 0.6) is 0 Å². The summed E-state index contributed by atoms with van der Waals surface area (Å²) in [7, 11) is 0. The molecule has 0 radical (unpaired) electrons. The van der Waals surface area contributed by atoms with Gasteiger partial charge in [0.2, 0.25) is 0 Å². The Hall–Kier alpha value is -1.39. The van der Waals surface area contributed by atoms with E-state index in [2.05, 4.69) is 9.97 Å². The lowest BCUT2D eigenvalue weighted by molar-refractivity contribution is 0.0977. The van der Waals surface area contributed by atoms with Crippen LogP contribution in [0.4, 0.5) is 8.78 Å². The Morgan fingerprint density at radius 2 is 2.00 bits per heavy atom. The van der Waals surface area contributed by atoms with Gasteiger partial charge in [0.15, 0.2) is 11.6 Å². The van der Waals surface area contributed by atoms with Crippen LogP contribution in [-0.2, 0) is 0 Å². The van der Waals surface area contributed by atoms with Gasteiger partial charge in [0, 0.05) is 18.8 Å². The molecule has 1 rings (SSSR count). The maximum absolute atomic E-state index is 12.0. The molecule has 0 saturated heterocycles. The van der Waals surface area contributed by atoms with Gasteiger partial charge in [-0.15, -0.1) is 0 Å². The lowest BCUT2D eigenvalue weighted by Gasteiger charge is -1.98. The molecule has 0 N–H and O–H groups in total. The highest BCUT2D eigenvalue weighted by Crippen LogP contribution is 2.15. The molecule has 0 unspecified atom stereocenters. The second-order valence-corrected chi connectivity index (χ2v) is 2.42. The first-order valence-electron chi connectivity index (χ1n) is 3.78. The number of alkyl halides is 2. The Bertz CT molecular complexity index is 298. The van der Waals surface area contributed by atoms with Crippen LogP contribution in [0, 0.1) is 0 Å². The summed E-state index contributed by atoms with van der Waals surface area (Å²) in [4.78, 5) is 18.0. The zero-order valence-electron chi connectivity index (χ0n) is 7.00. The number of hydrogen-bond acceptors (Lipinski definition) is 3. The highest BCUT2D eigenvalue weighted by atomic mass is 19.3. The minimum absolute atomic E-state index is 0.00750. The highest BCUT2D eigenvalue weighted by molar-refractivity contribution is 5.92. The number of carbonyl (C=O) groups is 1. The van der Waals surface area contributed by atoms with Gasteiger partial charge < -0.3 is 0 Å². The first kappa shape index (κ1) is 9.70. The Kier molecular flexibility index (Phi) is 3.00. The zero-order chi connectivity index (χ0) is 9.84. The molecule has 0 bridgehead atoms. The Balaban J connectivity index is 2.87. The van der Waals surface area contributed by atoms with Gasteiger partial charge in [-0.05, 0) is 0 Å². The first-order valence-corrected chi connectivity index (χ1v) is 3.78. The van der Waals surface area contributed by atoms with E-state index in [4.69, 9.17) is 0 Å². The van der Waals surface area contributed by atoms with Gasteiger partial charge in [-0.3, -0.25) is 4.79 Å². The van der Waals surface area contributed by atoms with Crippen molar-refractivity contribution in [3.05, 3.63) is 23.8 Å². The van der Waals surface area contributed by atoms with Crippen LogP contribution < -0.4 is 0 Å². The SMILES string of the molecule is CCC(=O)c1ncc(C(F)F)cn1. The molecule has 0 aliphatic heterocycles. The molecular weight excluding hydrogens is 178 g/mol. The molecule has 0 atom stereocenters. The fraction of sp³-hybridized carbons (Fsp3) is 0.375. The van der Waals surface area contributed by atoms with E-state index >= 15 is 0 Å². The van der Waals surface area contributed by atoms with Gasteiger partial charge in [-0.25, -0.2) is 18.7 Å². The lowest BCUT2D eigenvalue weighted by Crippen LogP contribution is -2.04. The third-order valence-electron chi connectivity index (χ3n) is 1.49. The molecule has 1 heterocycles. The maximum Gasteiger partial charge on any atom is 0.266 e. The lowest BCUT2D eigenvalue weighted by atomic mass is 10.3. The molecule has 70 valence electrons. The summed E-state index contributed by atoms with van der Waals surface area (Å²) < 4.78 is 24.0. The normalized spacial score (nSPS) is 10.5. The molecule has 13 heavy (non-hydrogen) atoms. The Labute approximate surface area is 73.8 Å². The molecule has 0 spiro atoms. The van der Waals surface area contributed by atoms with Crippen molar-refractivity contribution in [1.29, 1.82) is 0 Å². The molecule has 0 amide bonds. The number of ketones is 1. The number of rotatable bonds is 3. The van der Waals surface area contributed by atoms with Crippen molar-refractivity contribution in [2.24, 2.45) is 0 Å². The highest BCUT2D eigenvalue weighted by Gasteiger charge is 2.10. The monoisotopic (exact) mass is 186 g/mol. The van der Waals surface area contributed by atoms with Gasteiger partial charge in [0.1, 0.15) is 0 Å². The average molecular weight is 186 g/mol. The standard InChI is InChI=1S/C8H8F2N2O/c1-2-6(13)8-11-3-5(4-12-8)7(9)10/h3-4,7H,2H2,1H3. The van der Waals surface area contributed by atoms with Crippen molar-refractivity contribution in [2.45, 2.75) is 19.8 Å². The minimum Gasteiger partial charge on any atom is -0.291 e. The molecule has 1 aromatic rings. The molecule has 0 aromatic carbocycles. The van der Waals surface area contributed by atoms with Crippen molar-refractivity contribution >= 4 is 5.78 Å². The van der Waals surface area contributed by atoms with E-state index < -0.39 is 6.43 Å². The molecule has 1 aromatic heterocycles. The summed E-state index contributed by atoms with van der Waals surface area (Å²) in [6, 6.07) is 0. The van der Waals surface area contributed by atoms with Crippen molar-refractivity contribution in [1.82, 2.24) is 9.97 Å². The molecule has 5 heteroatoms. The van der Waals surface area contributed by atoms with E-state index in [0.717, 1.165) is 12.4 Å². The van der Waals surface area contributed by atoms with Crippen molar-refractivity contribution in [3.63, 3.8) is 0 Å². The van der Waals surface area contributed by atoms with E-state index in [1.807, 2.05) is 0 Å². The quantitative estimate of drug-likeness (QED) is 0.678. The summed E-state index contributed by atoms with van der Waals surface area (Å²) in [6.45, 7) is 1.66. The summed E-state index contributed by atoms with van der Waals surface area (Å²) in [5.74, 6) is -0.257. The van der Waals surface area contributed by atoms with E-state index in [-0.39, 0.29) is 23.6 Å². The second-order valence-electron chi connectivity index (χ2n) is 2.42. The van der Waals surface area contributed by atoms with Gasteiger partial charge in [0.05, 0.1) is 5.56 Å². The molecule has 0 fully saturated rings. The smallest absolute Gasteiger partial charge is 0.266 e. The number of nitrogens with zero attached hydrogens (tertiary/aromatic N) is 2. The number of aromatic nitrogens is 2. The number of Topliss-reactive ketones (excluding diaryl/α,β-unsaturated/α-hetero) is 1. The van der Waals surface area contributed by atoms with Crippen molar-refractivity contribution in [3.8, 4) is 0 Å². The fourth-order valence-electron chi connectivity index (χ4n) is 0.753. The topological polar surface area (TPSA) is 42.9 Å². The van der Waals surface area contributed by atoms with Crippen LogP contribution in [0.1, 0.15) is 36.0 Å². The third-order valence-corrected chi connectivity index (χ3v) is 1.49. The summed E-state index contributed by atoms with van der Waals surface area (Å²) in [6.07, 6.45) is -0.374. The summed E-state index contributed by atoms with van der Waals surface area (Å²) in [5.41, 5.74) is -0.271. The van der Waals surface area contributed by atoms with Crippen LogP contribution in [-0.4, -0.2) is 15.8 Å². The van der Waals surface area contributed by atoms with E-state index in [1.54, 1.807) is 6.92 Å². The van der Waals surface area contributed by atoms with Gasteiger partial charge >= 0.3 is 0 Å². The molecule has 0 saturated carbocycles. The molecule has 0 aliphatic carbocycles. The average Bonchev–Trinajstić information content (AvgIpc) is 2.17. The first-order chi connectivity index (χ1) is 6.15. The molecule has 3 nitrogen and oxygen atoms in total. The fourth-order valence-corrected chi connectivity index (χ4v) is 0.753. The second kappa shape index (κ2) is 4.02. The van der Waals surface area contributed by atoms with Crippen LogP contribution in [0.2, 0.25) is 0 Å². The van der Waals surface area contributed by atoms with Crippen molar-refractivity contribution in [2.75, 3.05) is 0 Å².